The zero-order valence-electron chi connectivity index (χ0n) is 13.8. The number of pyridine rings is 1. The molecule has 1 saturated heterocycles. The average Bonchev–Trinajstić information content (AvgIpc) is 2.60. The van der Waals surface area contributed by atoms with Crippen molar-refractivity contribution in [2.45, 2.75) is 13.1 Å². The number of hydrogen-bond donors (Lipinski definition) is 0. The van der Waals surface area contributed by atoms with Gasteiger partial charge in [-0.05, 0) is 13.0 Å². The first kappa shape index (κ1) is 17.3. The lowest BCUT2D eigenvalue weighted by Gasteiger charge is -2.35. The zero-order chi connectivity index (χ0) is 18.0. The first-order chi connectivity index (χ1) is 11.9. The van der Waals surface area contributed by atoms with Gasteiger partial charge in [0.25, 0.3) is 5.69 Å². The second-order valence-corrected chi connectivity index (χ2v) is 5.78. The summed E-state index contributed by atoms with van der Waals surface area (Å²) in [5.74, 6) is 0. The number of para-hydroxylation sites is 1. The lowest BCUT2D eigenvalue weighted by molar-refractivity contribution is -0.398. The number of alkyl halides is 3. The summed E-state index contributed by atoms with van der Waals surface area (Å²) in [5, 5.41) is 0.722. The summed E-state index contributed by atoms with van der Waals surface area (Å²) in [6.45, 7) is 3.75. The molecule has 0 unspecified atom stereocenters. The molecule has 1 aromatic heterocycles. The number of anilines is 1. The van der Waals surface area contributed by atoms with E-state index in [9.17, 15) is 18.0 Å². The van der Waals surface area contributed by atoms with Crippen molar-refractivity contribution in [3.05, 3.63) is 36.0 Å². The Morgan fingerprint density at radius 1 is 1.20 bits per heavy atom. The predicted molar refractivity (Wildman–Crippen MR) is 86.3 cm³/mol. The van der Waals surface area contributed by atoms with Crippen LogP contribution in [0.1, 0.15) is 12.6 Å². The fourth-order valence-corrected chi connectivity index (χ4v) is 2.97. The van der Waals surface area contributed by atoms with Gasteiger partial charge in [-0.3, -0.25) is 0 Å². The number of rotatable bonds is 2. The van der Waals surface area contributed by atoms with Crippen LogP contribution < -0.4 is 9.88 Å². The number of aromatic amines is 1. The van der Waals surface area contributed by atoms with Crippen molar-refractivity contribution in [3.8, 4) is 0 Å². The monoisotopic (exact) mass is 354 g/mol. The van der Waals surface area contributed by atoms with Crippen molar-refractivity contribution < 1.29 is 27.7 Å². The Morgan fingerprint density at radius 3 is 2.52 bits per heavy atom. The quantitative estimate of drug-likeness (QED) is 0.833. The van der Waals surface area contributed by atoms with Crippen LogP contribution >= 0.6 is 0 Å². The zero-order valence-corrected chi connectivity index (χ0v) is 13.8. The maximum absolute atomic E-state index is 13.2. The molecule has 1 amide bonds. The highest BCUT2D eigenvalue weighted by molar-refractivity contribution is 5.89. The molecule has 1 aliphatic rings. The number of nitrogens with one attached hydrogen (secondary N) is 1. The number of nitrogens with zero attached hydrogens (tertiary/aromatic N) is 2. The molecule has 3 rings (SSSR count). The third-order valence-electron chi connectivity index (χ3n) is 4.21. The van der Waals surface area contributed by atoms with Gasteiger partial charge in [0.1, 0.15) is 0 Å². The first-order valence-corrected chi connectivity index (χ1v) is 8.09. The molecule has 1 aromatic carbocycles. The predicted octanol–water partition coefficient (Wildman–Crippen LogP) is 2.95. The van der Waals surface area contributed by atoms with Crippen LogP contribution in [0.3, 0.4) is 0 Å². The molecule has 0 aliphatic carbocycles. The molecule has 25 heavy (non-hydrogen) atoms. The molecule has 5 nitrogen and oxygen atoms in total. The molecule has 2 aromatic rings. The molecule has 134 valence electrons. The highest BCUT2D eigenvalue weighted by atomic mass is 19.4. The number of fused-ring (bicyclic) bond motifs is 1. The average molecular weight is 354 g/mol. The Morgan fingerprint density at radius 2 is 1.88 bits per heavy atom. The van der Waals surface area contributed by atoms with Gasteiger partial charge in [-0.1, -0.05) is 12.1 Å². The Bertz CT molecular complexity index is 771. The molecule has 1 fully saturated rings. The molecule has 1 aliphatic heterocycles. The highest BCUT2D eigenvalue weighted by Gasteiger charge is 2.39. The summed E-state index contributed by atoms with van der Waals surface area (Å²) in [7, 11) is 0. The summed E-state index contributed by atoms with van der Waals surface area (Å²) in [5.41, 5.74) is 0.166. The highest BCUT2D eigenvalue weighted by Crippen LogP contribution is 2.32. The van der Waals surface area contributed by atoms with Crippen LogP contribution in [0.5, 0.6) is 0 Å². The maximum Gasteiger partial charge on any atom is 0.477 e. The number of carbonyl (C=O) groups is 1. The van der Waals surface area contributed by atoms with Gasteiger partial charge in [-0.25, -0.2) is 9.78 Å². The largest absolute Gasteiger partial charge is 0.477 e. The van der Waals surface area contributed by atoms with Crippen molar-refractivity contribution in [2.24, 2.45) is 0 Å². The van der Waals surface area contributed by atoms with Gasteiger partial charge in [0.15, 0.2) is 0 Å². The minimum atomic E-state index is -4.45. The number of amides is 1. The standard InChI is InChI=1S/C17H18F3N3O2/c1-2-25-16(24)23-9-7-22(8-10-23)14-11-15(17(18,19)20)21-13-6-4-3-5-12(13)14/h3-6,11H,2,7-10H2,1H3/p+1. The smallest absolute Gasteiger partial charge is 0.450 e. The number of hydrogen-bond acceptors (Lipinski definition) is 3. The van der Waals surface area contributed by atoms with E-state index in [-0.39, 0.29) is 6.09 Å². The SMILES string of the molecule is CCOC(=O)N1CCN(c2cc(C(F)(F)F)[nH+]c3ccccc23)CC1. The molecule has 0 spiro atoms. The molecular formula is C17H19F3N3O2+. The van der Waals surface area contributed by atoms with E-state index in [1.165, 1.54) is 0 Å². The van der Waals surface area contributed by atoms with E-state index in [2.05, 4.69) is 4.98 Å². The minimum Gasteiger partial charge on any atom is -0.450 e. The molecule has 0 saturated carbocycles. The normalized spacial score (nSPS) is 15.5. The number of carbonyl (C=O) groups excluding carboxylic acids is 1. The van der Waals surface area contributed by atoms with Gasteiger partial charge in [-0.2, -0.15) is 13.2 Å². The summed E-state index contributed by atoms with van der Waals surface area (Å²) >= 11 is 0. The Kier molecular flexibility index (Phi) is 4.69. The molecule has 1 N–H and O–H groups in total. The van der Waals surface area contributed by atoms with E-state index >= 15 is 0 Å². The third-order valence-corrected chi connectivity index (χ3v) is 4.21. The van der Waals surface area contributed by atoms with Gasteiger partial charge in [0.05, 0.1) is 17.7 Å². The van der Waals surface area contributed by atoms with Gasteiger partial charge >= 0.3 is 12.3 Å². The molecule has 0 bridgehead atoms. The number of benzene rings is 1. The Labute approximate surface area is 143 Å². The number of ether oxygens (including phenoxy) is 1. The van der Waals surface area contributed by atoms with Gasteiger partial charge in [-0.15, -0.1) is 0 Å². The van der Waals surface area contributed by atoms with Crippen LogP contribution in [-0.4, -0.2) is 43.8 Å². The van der Waals surface area contributed by atoms with Crippen molar-refractivity contribution in [1.29, 1.82) is 0 Å². The van der Waals surface area contributed by atoms with Crippen LogP contribution in [0.25, 0.3) is 10.9 Å². The van der Waals surface area contributed by atoms with E-state index in [1.54, 1.807) is 36.1 Å². The van der Waals surface area contributed by atoms with E-state index in [0.29, 0.717) is 44.0 Å². The summed E-state index contributed by atoms with van der Waals surface area (Å²) in [6, 6.07) is 8.05. The molecule has 8 heteroatoms. The van der Waals surface area contributed by atoms with Crippen molar-refractivity contribution >= 4 is 22.7 Å². The summed E-state index contributed by atoms with van der Waals surface area (Å²) in [6.07, 6.45) is -4.84. The topological polar surface area (TPSA) is 46.9 Å². The second kappa shape index (κ2) is 6.78. The molecule has 0 atom stereocenters. The van der Waals surface area contributed by atoms with Crippen LogP contribution in [0, 0.1) is 0 Å². The van der Waals surface area contributed by atoms with Crippen LogP contribution in [0.4, 0.5) is 23.7 Å². The summed E-state index contributed by atoms with van der Waals surface area (Å²) < 4.78 is 44.6. The fraction of sp³-hybridized carbons (Fsp3) is 0.412. The summed E-state index contributed by atoms with van der Waals surface area (Å²) in [4.78, 5) is 17.7. The maximum atomic E-state index is 13.2. The molecular weight excluding hydrogens is 335 g/mol. The van der Waals surface area contributed by atoms with Crippen LogP contribution in [0.15, 0.2) is 30.3 Å². The second-order valence-electron chi connectivity index (χ2n) is 5.78. The minimum absolute atomic E-state index is 0.299. The molecule has 2 heterocycles. The van der Waals surface area contributed by atoms with Crippen molar-refractivity contribution in [2.75, 3.05) is 37.7 Å². The van der Waals surface area contributed by atoms with E-state index in [1.807, 2.05) is 4.90 Å². The number of aromatic nitrogens is 1. The third kappa shape index (κ3) is 3.62. The van der Waals surface area contributed by atoms with Gasteiger partial charge in [0, 0.05) is 38.3 Å². The number of piperazine rings is 1. The Hall–Kier alpha value is -2.51. The molecule has 0 radical (unpaired) electrons. The van der Waals surface area contributed by atoms with Crippen LogP contribution in [-0.2, 0) is 10.9 Å². The van der Waals surface area contributed by atoms with Gasteiger partial charge in [0.2, 0.25) is 5.52 Å². The van der Waals surface area contributed by atoms with Gasteiger partial charge < -0.3 is 14.5 Å². The fourth-order valence-electron chi connectivity index (χ4n) is 2.97. The van der Waals surface area contributed by atoms with E-state index in [0.717, 1.165) is 11.5 Å². The first-order valence-electron chi connectivity index (χ1n) is 8.09. The Balaban J connectivity index is 1.90. The number of halogens is 3. The lowest BCUT2D eigenvalue weighted by Crippen LogP contribution is -2.49. The number of H-pyrrole nitrogens is 1. The van der Waals surface area contributed by atoms with Crippen molar-refractivity contribution in [3.63, 3.8) is 0 Å². The van der Waals surface area contributed by atoms with Crippen molar-refractivity contribution in [1.82, 2.24) is 4.90 Å². The van der Waals surface area contributed by atoms with Crippen LogP contribution in [0.2, 0.25) is 0 Å². The lowest BCUT2D eigenvalue weighted by atomic mass is 10.1. The van der Waals surface area contributed by atoms with E-state index < -0.39 is 11.9 Å². The van der Waals surface area contributed by atoms with E-state index in [4.69, 9.17) is 4.74 Å².